The number of fused-ring (bicyclic) bond motifs is 1. The third-order valence-electron chi connectivity index (χ3n) is 4.75. The molecule has 1 aromatic heterocycles. The molecule has 2 aromatic carbocycles. The number of para-hydroxylation sites is 1. The SMILES string of the molecule is COc1ccc(Br)c(C(=O)N2CCC(Oc3nc4c(F)cccc4s3)CC2)c1. The van der Waals surface area contributed by atoms with Crippen molar-refractivity contribution in [1.82, 2.24) is 9.88 Å². The average molecular weight is 465 g/mol. The summed E-state index contributed by atoms with van der Waals surface area (Å²) in [5.41, 5.74) is 0.929. The summed E-state index contributed by atoms with van der Waals surface area (Å²) in [7, 11) is 1.58. The van der Waals surface area contributed by atoms with Gasteiger partial charge in [0.05, 0.1) is 17.4 Å². The summed E-state index contributed by atoms with van der Waals surface area (Å²) in [5, 5.41) is 0.473. The first-order valence-electron chi connectivity index (χ1n) is 8.89. The maximum absolute atomic E-state index is 13.8. The van der Waals surface area contributed by atoms with Gasteiger partial charge in [-0.2, -0.15) is 4.98 Å². The van der Waals surface area contributed by atoms with Crippen molar-refractivity contribution in [3.63, 3.8) is 0 Å². The lowest BCUT2D eigenvalue weighted by atomic mass is 10.1. The Balaban J connectivity index is 1.40. The molecule has 2 heterocycles. The molecule has 1 aliphatic heterocycles. The summed E-state index contributed by atoms with van der Waals surface area (Å²) in [6.45, 7) is 1.18. The smallest absolute Gasteiger partial charge is 0.274 e. The molecule has 0 bridgehead atoms. The van der Waals surface area contributed by atoms with Crippen LogP contribution >= 0.6 is 27.3 Å². The Kier molecular flexibility index (Phi) is 5.50. The maximum Gasteiger partial charge on any atom is 0.274 e. The highest BCUT2D eigenvalue weighted by Gasteiger charge is 2.27. The molecule has 3 aromatic rings. The van der Waals surface area contributed by atoms with Gasteiger partial charge < -0.3 is 14.4 Å². The van der Waals surface area contributed by atoms with Gasteiger partial charge in [-0.15, -0.1) is 0 Å². The van der Waals surface area contributed by atoms with Gasteiger partial charge in [0, 0.05) is 30.4 Å². The van der Waals surface area contributed by atoms with Crippen LogP contribution in [-0.4, -0.2) is 42.1 Å². The van der Waals surface area contributed by atoms with Gasteiger partial charge in [0.25, 0.3) is 11.1 Å². The standard InChI is InChI=1S/C20H18BrFN2O3S/c1-26-13-5-6-15(21)14(11-13)19(25)24-9-7-12(8-10-24)27-20-23-18-16(22)3-2-4-17(18)28-20/h2-6,11-12H,7-10H2,1H3. The van der Waals surface area contributed by atoms with E-state index in [-0.39, 0.29) is 17.8 Å². The zero-order valence-electron chi connectivity index (χ0n) is 15.2. The maximum atomic E-state index is 13.8. The number of nitrogens with zero attached hydrogens (tertiary/aromatic N) is 2. The van der Waals surface area contributed by atoms with Crippen LogP contribution in [0.1, 0.15) is 23.2 Å². The van der Waals surface area contributed by atoms with Crippen molar-refractivity contribution in [2.24, 2.45) is 0 Å². The van der Waals surface area contributed by atoms with Crippen molar-refractivity contribution in [2.45, 2.75) is 18.9 Å². The first-order chi connectivity index (χ1) is 13.5. The van der Waals surface area contributed by atoms with Crippen LogP contribution in [0.5, 0.6) is 10.9 Å². The third-order valence-corrected chi connectivity index (χ3v) is 6.35. The van der Waals surface area contributed by atoms with Crippen LogP contribution in [0, 0.1) is 5.82 Å². The third kappa shape index (κ3) is 3.84. The number of carbonyl (C=O) groups excluding carboxylic acids is 1. The van der Waals surface area contributed by atoms with Gasteiger partial charge in [0.15, 0.2) is 0 Å². The number of hydrogen-bond acceptors (Lipinski definition) is 5. The molecule has 1 saturated heterocycles. The van der Waals surface area contributed by atoms with E-state index in [1.807, 2.05) is 23.1 Å². The molecular formula is C20H18BrFN2O3S. The van der Waals surface area contributed by atoms with Gasteiger partial charge in [-0.25, -0.2) is 4.39 Å². The van der Waals surface area contributed by atoms with Gasteiger partial charge in [0.1, 0.15) is 23.2 Å². The number of hydrogen-bond donors (Lipinski definition) is 0. The van der Waals surface area contributed by atoms with Crippen LogP contribution in [0.4, 0.5) is 4.39 Å². The molecule has 0 unspecified atom stereocenters. The van der Waals surface area contributed by atoms with E-state index in [4.69, 9.17) is 9.47 Å². The number of methoxy groups -OCH3 is 1. The molecular weight excluding hydrogens is 447 g/mol. The molecule has 28 heavy (non-hydrogen) atoms. The zero-order valence-corrected chi connectivity index (χ0v) is 17.6. The minimum Gasteiger partial charge on any atom is -0.497 e. The van der Waals surface area contributed by atoms with Crippen molar-refractivity contribution in [3.05, 3.63) is 52.3 Å². The van der Waals surface area contributed by atoms with E-state index in [2.05, 4.69) is 20.9 Å². The van der Waals surface area contributed by atoms with E-state index < -0.39 is 0 Å². The molecule has 0 radical (unpaired) electrons. The van der Waals surface area contributed by atoms with Crippen LogP contribution in [-0.2, 0) is 0 Å². The van der Waals surface area contributed by atoms with Gasteiger partial charge in [0.2, 0.25) is 0 Å². The number of likely N-dealkylation sites (tertiary alicyclic amines) is 1. The van der Waals surface area contributed by atoms with Crippen LogP contribution in [0.15, 0.2) is 40.9 Å². The van der Waals surface area contributed by atoms with Crippen LogP contribution in [0.3, 0.4) is 0 Å². The van der Waals surface area contributed by atoms with E-state index in [9.17, 15) is 9.18 Å². The number of thiazole rings is 1. The van der Waals surface area contributed by atoms with E-state index in [1.165, 1.54) is 17.4 Å². The summed E-state index contributed by atoms with van der Waals surface area (Å²) in [4.78, 5) is 18.9. The molecule has 146 valence electrons. The summed E-state index contributed by atoms with van der Waals surface area (Å²) in [6, 6.07) is 10.3. The van der Waals surface area contributed by atoms with Gasteiger partial charge >= 0.3 is 0 Å². The Hall–Kier alpha value is -2.19. The molecule has 5 nitrogen and oxygen atoms in total. The van der Waals surface area contributed by atoms with Crippen LogP contribution in [0.25, 0.3) is 10.2 Å². The monoisotopic (exact) mass is 464 g/mol. The van der Waals surface area contributed by atoms with Gasteiger partial charge in [-0.05, 0) is 46.3 Å². The number of aromatic nitrogens is 1. The lowest BCUT2D eigenvalue weighted by molar-refractivity contribution is 0.0594. The normalized spacial score (nSPS) is 15.0. The summed E-state index contributed by atoms with van der Waals surface area (Å²) in [5.74, 6) is 0.270. The molecule has 0 saturated carbocycles. The Morgan fingerprint density at radius 1 is 1.29 bits per heavy atom. The topological polar surface area (TPSA) is 51.7 Å². The zero-order chi connectivity index (χ0) is 19.7. The fourth-order valence-corrected chi connectivity index (χ4v) is 4.54. The number of halogens is 2. The van der Waals surface area contributed by atoms with Crippen molar-refractivity contribution in [3.8, 4) is 10.9 Å². The highest BCUT2D eigenvalue weighted by Crippen LogP contribution is 2.31. The molecule has 0 atom stereocenters. The molecule has 0 spiro atoms. The van der Waals surface area contributed by atoms with Crippen molar-refractivity contribution < 1.29 is 18.7 Å². The molecule has 1 fully saturated rings. The second kappa shape index (κ2) is 8.05. The molecule has 0 aliphatic carbocycles. The molecule has 1 aliphatic rings. The summed E-state index contributed by atoms with van der Waals surface area (Å²) in [6.07, 6.45) is 1.36. The Bertz CT molecular complexity index is 1020. The highest BCUT2D eigenvalue weighted by molar-refractivity contribution is 9.10. The van der Waals surface area contributed by atoms with E-state index in [0.717, 1.165) is 9.17 Å². The second-order valence-corrected chi connectivity index (χ2v) is 8.37. The first-order valence-corrected chi connectivity index (χ1v) is 10.5. The van der Waals surface area contributed by atoms with E-state index in [1.54, 1.807) is 19.2 Å². The quantitative estimate of drug-likeness (QED) is 0.551. The molecule has 4 rings (SSSR count). The van der Waals surface area contributed by atoms with Crippen molar-refractivity contribution >= 4 is 43.4 Å². The fourth-order valence-electron chi connectivity index (χ4n) is 3.23. The average Bonchev–Trinajstić information content (AvgIpc) is 3.12. The minimum atomic E-state index is -0.340. The molecule has 1 amide bonds. The van der Waals surface area contributed by atoms with Crippen LogP contribution in [0.2, 0.25) is 0 Å². The fraction of sp³-hybridized carbons (Fsp3) is 0.300. The molecule has 0 N–H and O–H groups in total. The number of ether oxygens (including phenoxy) is 2. The van der Waals surface area contributed by atoms with Crippen LogP contribution < -0.4 is 9.47 Å². The Labute approximate surface area is 174 Å². The number of rotatable bonds is 4. The van der Waals surface area contributed by atoms with E-state index >= 15 is 0 Å². The van der Waals surface area contributed by atoms with Crippen molar-refractivity contribution in [2.75, 3.05) is 20.2 Å². The summed E-state index contributed by atoms with van der Waals surface area (Å²) >= 11 is 4.78. The lowest BCUT2D eigenvalue weighted by Gasteiger charge is -2.31. The van der Waals surface area contributed by atoms with Gasteiger partial charge in [-0.3, -0.25) is 4.79 Å². The number of carbonyl (C=O) groups is 1. The number of benzene rings is 2. The predicted octanol–water partition coefficient (Wildman–Crippen LogP) is 4.89. The second-order valence-electron chi connectivity index (χ2n) is 6.52. The Morgan fingerprint density at radius 3 is 2.79 bits per heavy atom. The number of piperidine rings is 1. The highest BCUT2D eigenvalue weighted by atomic mass is 79.9. The summed E-state index contributed by atoms with van der Waals surface area (Å²) < 4.78 is 26.5. The largest absolute Gasteiger partial charge is 0.497 e. The minimum absolute atomic E-state index is 0.0358. The Morgan fingerprint density at radius 2 is 2.07 bits per heavy atom. The predicted molar refractivity (Wildman–Crippen MR) is 110 cm³/mol. The van der Waals surface area contributed by atoms with Crippen molar-refractivity contribution in [1.29, 1.82) is 0 Å². The van der Waals surface area contributed by atoms with E-state index in [0.29, 0.717) is 48.0 Å². The number of amides is 1. The first kappa shape index (κ1) is 19.1. The van der Waals surface area contributed by atoms with Gasteiger partial charge in [-0.1, -0.05) is 17.4 Å². The lowest BCUT2D eigenvalue weighted by Crippen LogP contribution is -2.41. The molecule has 8 heteroatoms.